The molecule has 0 heterocycles. The Balaban J connectivity index is 2.15. The number of benzene rings is 2. The van der Waals surface area contributed by atoms with Crippen molar-refractivity contribution in [1.29, 1.82) is 0 Å². The van der Waals surface area contributed by atoms with E-state index < -0.39 is 0 Å². The van der Waals surface area contributed by atoms with Gasteiger partial charge in [0.25, 0.3) is 0 Å². The van der Waals surface area contributed by atoms with Gasteiger partial charge < -0.3 is 14.7 Å². The van der Waals surface area contributed by atoms with E-state index in [4.69, 9.17) is 4.74 Å². The summed E-state index contributed by atoms with van der Waals surface area (Å²) >= 11 is 0. The van der Waals surface area contributed by atoms with Crippen LogP contribution in [0.5, 0.6) is 11.5 Å². The first-order valence-electron chi connectivity index (χ1n) is 6.80. The van der Waals surface area contributed by atoms with Gasteiger partial charge in [-0.05, 0) is 42.3 Å². The van der Waals surface area contributed by atoms with Gasteiger partial charge in [-0.25, -0.2) is 0 Å². The molecule has 2 aromatic rings. The summed E-state index contributed by atoms with van der Waals surface area (Å²) in [4.78, 5) is 2.11. The van der Waals surface area contributed by atoms with E-state index in [0.717, 1.165) is 23.4 Å². The van der Waals surface area contributed by atoms with Crippen LogP contribution in [0.15, 0.2) is 42.5 Å². The number of phenolic OH excluding ortho intramolecular Hbond substituents is 1. The van der Waals surface area contributed by atoms with E-state index in [9.17, 15) is 5.11 Å². The largest absolute Gasteiger partial charge is 0.508 e. The van der Waals surface area contributed by atoms with E-state index in [-0.39, 0.29) is 0 Å². The molecule has 0 spiro atoms. The Hall–Kier alpha value is -2.16. The second-order valence-corrected chi connectivity index (χ2v) is 4.87. The van der Waals surface area contributed by atoms with Gasteiger partial charge in [-0.15, -0.1) is 0 Å². The normalized spacial score (nSPS) is 10.3. The van der Waals surface area contributed by atoms with Crippen LogP contribution in [0.25, 0.3) is 0 Å². The summed E-state index contributed by atoms with van der Waals surface area (Å²) in [7, 11) is 3.64. The molecule has 0 aliphatic rings. The molecule has 0 fully saturated rings. The molecule has 20 heavy (non-hydrogen) atoms. The molecule has 0 saturated carbocycles. The van der Waals surface area contributed by atoms with Crippen molar-refractivity contribution in [3.05, 3.63) is 53.6 Å². The minimum absolute atomic E-state index is 0.294. The smallest absolute Gasteiger partial charge is 0.120 e. The van der Waals surface area contributed by atoms with Gasteiger partial charge in [0.2, 0.25) is 0 Å². The monoisotopic (exact) mass is 271 g/mol. The number of aromatic hydroxyl groups is 1. The SMILES string of the molecule is CCc1ccc(N(C)Cc2cc(OC)ccc2O)cc1. The second kappa shape index (κ2) is 6.33. The zero-order valence-corrected chi connectivity index (χ0v) is 12.3. The third-order valence-corrected chi connectivity index (χ3v) is 3.48. The number of phenols is 1. The first-order valence-corrected chi connectivity index (χ1v) is 6.80. The highest BCUT2D eigenvalue weighted by Gasteiger charge is 2.07. The van der Waals surface area contributed by atoms with Crippen LogP contribution in [-0.2, 0) is 13.0 Å². The number of rotatable bonds is 5. The van der Waals surface area contributed by atoms with E-state index in [2.05, 4.69) is 36.1 Å². The standard InChI is InChI=1S/C17H21NO2/c1-4-13-5-7-15(8-6-13)18(2)12-14-11-16(20-3)9-10-17(14)19/h5-11,19H,4,12H2,1-3H3. The summed E-state index contributed by atoms with van der Waals surface area (Å²) in [5.74, 6) is 1.05. The minimum Gasteiger partial charge on any atom is -0.508 e. The molecule has 0 saturated heterocycles. The molecule has 0 bridgehead atoms. The molecule has 0 aromatic heterocycles. The van der Waals surface area contributed by atoms with E-state index in [1.165, 1.54) is 5.56 Å². The Bertz CT molecular complexity index is 564. The van der Waals surface area contributed by atoms with Crippen molar-refractivity contribution >= 4 is 5.69 Å². The lowest BCUT2D eigenvalue weighted by Gasteiger charge is -2.20. The molecule has 0 radical (unpaired) electrons. The highest BCUT2D eigenvalue weighted by atomic mass is 16.5. The third kappa shape index (κ3) is 3.23. The maximum atomic E-state index is 9.93. The van der Waals surface area contributed by atoms with Crippen LogP contribution in [0.4, 0.5) is 5.69 Å². The number of aryl methyl sites for hydroxylation is 1. The molecule has 2 aromatic carbocycles. The fraction of sp³-hybridized carbons (Fsp3) is 0.294. The summed E-state index contributed by atoms with van der Waals surface area (Å²) in [6.45, 7) is 2.78. The van der Waals surface area contributed by atoms with E-state index in [1.807, 2.05) is 13.1 Å². The van der Waals surface area contributed by atoms with Crippen LogP contribution in [0, 0.1) is 0 Å². The van der Waals surface area contributed by atoms with Gasteiger partial charge in [-0.2, -0.15) is 0 Å². The van der Waals surface area contributed by atoms with Gasteiger partial charge >= 0.3 is 0 Å². The highest BCUT2D eigenvalue weighted by Crippen LogP contribution is 2.25. The zero-order valence-electron chi connectivity index (χ0n) is 12.3. The molecule has 2 rings (SSSR count). The maximum absolute atomic E-state index is 9.93. The second-order valence-electron chi connectivity index (χ2n) is 4.87. The number of hydrogen-bond donors (Lipinski definition) is 1. The minimum atomic E-state index is 0.294. The van der Waals surface area contributed by atoms with Gasteiger partial charge in [0.1, 0.15) is 11.5 Å². The Morgan fingerprint density at radius 3 is 2.40 bits per heavy atom. The van der Waals surface area contributed by atoms with Crippen LogP contribution < -0.4 is 9.64 Å². The number of hydrogen-bond acceptors (Lipinski definition) is 3. The lowest BCUT2D eigenvalue weighted by Crippen LogP contribution is -2.16. The lowest BCUT2D eigenvalue weighted by molar-refractivity contribution is 0.410. The Labute approximate surface area is 120 Å². The molecule has 0 aliphatic carbocycles. The number of methoxy groups -OCH3 is 1. The van der Waals surface area contributed by atoms with E-state index >= 15 is 0 Å². The van der Waals surface area contributed by atoms with Crippen LogP contribution in [0.3, 0.4) is 0 Å². The summed E-state index contributed by atoms with van der Waals surface area (Å²) in [6, 6.07) is 13.8. The molecule has 0 amide bonds. The molecule has 3 nitrogen and oxygen atoms in total. The molecule has 0 unspecified atom stereocenters. The summed E-state index contributed by atoms with van der Waals surface area (Å²) in [5, 5.41) is 9.93. The fourth-order valence-corrected chi connectivity index (χ4v) is 2.15. The third-order valence-electron chi connectivity index (χ3n) is 3.48. The summed E-state index contributed by atoms with van der Waals surface area (Å²) in [5.41, 5.74) is 3.31. The zero-order chi connectivity index (χ0) is 14.5. The van der Waals surface area contributed by atoms with Gasteiger partial charge in [-0.3, -0.25) is 0 Å². The first-order chi connectivity index (χ1) is 9.63. The first kappa shape index (κ1) is 14.3. The summed E-state index contributed by atoms with van der Waals surface area (Å²) < 4.78 is 5.20. The number of anilines is 1. The van der Waals surface area contributed by atoms with Gasteiger partial charge in [0.15, 0.2) is 0 Å². The highest BCUT2D eigenvalue weighted by molar-refractivity contribution is 5.49. The van der Waals surface area contributed by atoms with Gasteiger partial charge in [0, 0.05) is 24.8 Å². The van der Waals surface area contributed by atoms with Crippen molar-refractivity contribution in [3.8, 4) is 11.5 Å². The van der Waals surface area contributed by atoms with Crippen molar-refractivity contribution in [1.82, 2.24) is 0 Å². The fourth-order valence-electron chi connectivity index (χ4n) is 2.15. The predicted octanol–water partition coefficient (Wildman–Crippen LogP) is 3.60. The topological polar surface area (TPSA) is 32.7 Å². The van der Waals surface area contributed by atoms with Gasteiger partial charge in [-0.1, -0.05) is 19.1 Å². The molecule has 1 N–H and O–H groups in total. The lowest BCUT2D eigenvalue weighted by atomic mass is 10.1. The van der Waals surface area contributed by atoms with Crippen molar-refractivity contribution in [2.75, 3.05) is 19.1 Å². The van der Waals surface area contributed by atoms with Crippen molar-refractivity contribution in [2.45, 2.75) is 19.9 Å². The molecule has 3 heteroatoms. The quantitative estimate of drug-likeness (QED) is 0.902. The summed E-state index contributed by atoms with van der Waals surface area (Å²) in [6.07, 6.45) is 1.04. The number of nitrogens with zero attached hydrogens (tertiary/aromatic N) is 1. The number of ether oxygens (including phenoxy) is 1. The van der Waals surface area contributed by atoms with E-state index in [0.29, 0.717) is 12.3 Å². The molecular formula is C17H21NO2. The van der Waals surface area contributed by atoms with E-state index in [1.54, 1.807) is 19.2 Å². The Morgan fingerprint density at radius 1 is 1.10 bits per heavy atom. The molecule has 0 atom stereocenters. The van der Waals surface area contributed by atoms with Crippen LogP contribution in [0.2, 0.25) is 0 Å². The van der Waals surface area contributed by atoms with Gasteiger partial charge in [0.05, 0.1) is 7.11 Å². The Kier molecular flexibility index (Phi) is 4.51. The molecule has 106 valence electrons. The molecular weight excluding hydrogens is 250 g/mol. The Morgan fingerprint density at radius 2 is 1.80 bits per heavy atom. The van der Waals surface area contributed by atoms with Crippen molar-refractivity contribution in [3.63, 3.8) is 0 Å². The average molecular weight is 271 g/mol. The van der Waals surface area contributed by atoms with Crippen molar-refractivity contribution in [2.24, 2.45) is 0 Å². The maximum Gasteiger partial charge on any atom is 0.120 e. The van der Waals surface area contributed by atoms with Crippen LogP contribution >= 0.6 is 0 Å². The predicted molar refractivity (Wildman–Crippen MR) is 82.6 cm³/mol. The molecule has 0 aliphatic heterocycles. The van der Waals surface area contributed by atoms with Crippen LogP contribution in [0.1, 0.15) is 18.1 Å². The van der Waals surface area contributed by atoms with Crippen molar-refractivity contribution < 1.29 is 9.84 Å². The average Bonchev–Trinajstić information content (AvgIpc) is 2.49. The van der Waals surface area contributed by atoms with Crippen LogP contribution in [-0.4, -0.2) is 19.3 Å².